The molecular weight excluding hydrogens is 567 g/mol. The van der Waals surface area contributed by atoms with Crippen LogP contribution >= 0.6 is 0 Å². The van der Waals surface area contributed by atoms with Crippen molar-refractivity contribution >= 4 is 73.7 Å². The van der Waals surface area contributed by atoms with Crippen molar-refractivity contribution in [2.75, 3.05) is 4.90 Å². The summed E-state index contributed by atoms with van der Waals surface area (Å²) < 4.78 is 0. The number of hydrogen-bond acceptors (Lipinski definition) is 1. The topological polar surface area (TPSA) is 3.24 Å². The molecule has 47 heavy (non-hydrogen) atoms. The van der Waals surface area contributed by atoms with E-state index in [2.05, 4.69) is 193 Å². The van der Waals surface area contributed by atoms with E-state index in [1.165, 1.54) is 43.4 Å². The molecule has 0 aliphatic rings. The molecule has 0 aliphatic carbocycles. The average molecular weight is 600 g/mol. The van der Waals surface area contributed by atoms with Crippen molar-refractivity contribution in [1.82, 2.24) is 0 Å². The lowest BCUT2D eigenvalue weighted by molar-refractivity contribution is 1.29. The highest BCUT2D eigenvalue weighted by molar-refractivity contribution is 6.25. The van der Waals surface area contributed by atoms with Crippen LogP contribution < -0.4 is 4.90 Å². The van der Waals surface area contributed by atoms with Gasteiger partial charge >= 0.3 is 0 Å². The molecule has 8 rings (SSSR count). The van der Waals surface area contributed by atoms with Crippen LogP contribution in [0.25, 0.3) is 56.6 Å². The molecule has 0 amide bonds. The fourth-order valence-electron chi connectivity index (χ4n) is 6.46. The number of nitrogens with zero attached hydrogens (tertiary/aromatic N) is 1. The first-order chi connectivity index (χ1) is 23.3. The van der Waals surface area contributed by atoms with E-state index >= 15 is 0 Å². The van der Waals surface area contributed by atoms with E-state index in [0.717, 1.165) is 28.2 Å². The maximum Gasteiger partial charge on any atom is 0.0468 e. The summed E-state index contributed by atoms with van der Waals surface area (Å²) in [6.07, 6.45) is 8.66. The Labute approximate surface area is 276 Å². The van der Waals surface area contributed by atoms with E-state index in [1.54, 1.807) is 0 Å². The fraction of sp³-hybridized carbons (Fsp3) is 0. The molecule has 8 aromatic carbocycles. The van der Waals surface area contributed by atoms with Crippen molar-refractivity contribution < 1.29 is 0 Å². The van der Waals surface area contributed by atoms with Gasteiger partial charge in [0.1, 0.15) is 0 Å². The molecule has 0 atom stereocenters. The second kappa shape index (κ2) is 12.7. The van der Waals surface area contributed by atoms with Gasteiger partial charge in [0.05, 0.1) is 0 Å². The van der Waals surface area contributed by atoms with Gasteiger partial charge in [-0.25, -0.2) is 0 Å². The molecule has 1 nitrogen and oxygen atoms in total. The highest BCUT2D eigenvalue weighted by Gasteiger charge is 2.15. The van der Waals surface area contributed by atoms with Crippen LogP contribution in [0.5, 0.6) is 0 Å². The Morgan fingerprint density at radius 3 is 1.00 bits per heavy atom. The smallest absolute Gasteiger partial charge is 0.0468 e. The molecule has 0 unspecified atom stereocenters. The lowest BCUT2D eigenvalue weighted by Crippen LogP contribution is -2.10. The van der Waals surface area contributed by atoms with Crippen LogP contribution in [0.1, 0.15) is 22.3 Å². The number of anilines is 3. The average Bonchev–Trinajstić information content (AvgIpc) is 3.15. The Kier molecular flexibility index (Phi) is 7.63. The normalized spacial score (nSPS) is 11.7. The van der Waals surface area contributed by atoms with Gasteiger partial charge in [0.15, 0.2) is 0 Å². The van der Waals surface area contributed by atoms with Crippen LogP contribution in [0.15, 0.2) is 176 Å². The summed E-state index contributed by atoms with van der Waals surface area (Å²) in [7, 11) is 0. The Hall–Kier alpha value is -6.18. The largest absolute Gasteiger partial charge is 0.310 e. The van der Waals surface area contributed by atoms with Gasteiger partial charge in [-0.05, 0) is 91.0 Å². The van der Waals surface area contributed by atoms with Crippen molar-refractivity contribution in [2.24, 2.45) is 0 Å². The predicted octanol–water partition coefficient (Wildman–Crippen LogP) is 13.0. The van der Waals surface area contributed by atoms with Crippen LogP contribution in [0.2, 0.25) is 0 Å². The first-order valence-corrected chi connectivity index (χ1v) is 16.1. The lowest BCUT2D eigenvalue weighted by Gasteiger charge is -2.26. The molecule has 0 bridgehead atoms. The summed E-state index contributed by atoms with van der Waals surface area (Å²) in [6.45, 7) is 0. The highest BCUT2D eigenvalue weighted by Crippen LogP contribution is 2.41. The minimum absolute atomic E-state index is 1.11. The molecule has 0 heterocycles. The van der Waals surface area contributed by atoms with Crippen LogP contribution in [0, 0.1) is 0 Å². The van der Waals surface area contributed by atoms with Crippen molar-refractivity contribution in [1.29, 1.82) is 0 Å². The molecular formula is C46H33N. The molecule has 0 saturated carbocycles. The van der Waals surface area contributed by atoms with Gasteiger partial charge in [0.2, 0.25) is 0 Å². The zero-order chi connectivity index (χ0) is 31.4. The van der Waals surface area contributed by atoms with Crippen molar-refractivity contribution in [3.8, 4) is 0 Å². The monoisotopic (exact) mass is 599 g/mol. The predicted molar refractivity (Wildman–Crippen MR) is 204 cm³/mol. The minimum Gasteiger partial charge on any atom is -0.310 e. The zero-order valence-corrected chi connectivity index (χ0v) is 26.0. The second-order valence-corrected chi connectivity index (χ2v) is 11.8. The molecule has 0 spiro atoms. The van der Waals surface area contributed by atoms with Crippen molar-refractivity contribution in [3.63, 3.8) is 0 Å². The van der Waals surface area contributed by atoms with Crippen molar-refractivity contribution in [2.45, 2.75) is 0 Å². The Morgan fingerprint density at radius 2 is 0.574 bits per heavy atom. The third kappa shape index (κ3) is 5.83. The third-order valence-electron chi connectivity index (χ3n) is 8.82. The summed E-state index contributed by atoms with van der Waals surface area (Å²) in [5.74, 6) is 0. The number of benzene rings is 8. The van der Waals surface area contributed by atoms with Crippen LogP contribution in [0.3, 0.4) is 0 Å². The van der Waals surface area contributed by atoms with Gasteiger partial charge in [-0.3, -0.25) is 0 Å². The minimum atomic E-state index is 1.11. The Bertz CT molecular complexity index is 2240. The third-order valence-corrected chi connectivity index (χ3v) is 8.82. The fourth-order valence-corrected chi connectivity index (χ4v) is 6.46. The van der Waals surface area contributed by atoms with Gasteiger partial charge in [0.25, 0.3) is 0 Å². The second-order valence-electron chi connectivity index (χ2n) is 11.8. The summed E-state index contributed by atoms with van der Waals surface area (Å²) in [5, 5.41) is 7.65. The molecule has 0 fully saturated rings. The maximum atomic E-state index is 2.36. The first kappa shape index (κ1) is 28.3. The molecule has 222 valence electrons. The molecule has 0 N–H and O–H groups in total. The van der Waals surface area contributed by atoms with E-state index in [-0.39, 0.29) is 0 Å². The van der Waals surface area contributed by atoms with E-state index in [1.807, 2.05) is 12.1 Å². The van der Waals surface area contributed by atoms with Crippen LogP contribution in [0.4, 0.5) is 17.1 Å². The molecule has 0 saturated heterocycles. The van der Waals surface area contributed by atoms with Crippen LogP contribution in [-0.2, 0) is 0 Å². The zero-order valence-electron chi connectivity index (χ0n) is 26.0. The Balaban J connectivity index is 1.23. The standard InChI is InChI=1S/C46H33N/c1-3-11-34(12-4-1)19-21-36-23-27-38(28-24-36)47(39-29-25-37(26-30-39)22-20-35-13-5-2-6-14-35)40-31-32-45-43-17-8-7-15-41(43)42-16-9-10-18-44(42)46(45)33-40/h1-33H. The SMILES string of the molecule is C(=Cc1ccc(N(c2ccc(C=Cc3ccccc3)cc2)c2ccc3c4ccccc4c4ccccc4c3c2)cc1)c1ccccc1. The van der Waals surface area contributed by atoms with Gasteiger partial charge in [-0.1, -0.05) is 164 Å². The Morgan fingerprint density at radius 1 is 0.255 bits per heavy atom. The number of fused-ring (bicyclic) bond motifs is 6. The summed E-state index contributed by atoms with van der Waals surface area (Å²) in [5.41, 5.74) is 8.05. The molecule has 8 aromatic rings. The molecule has 1 heteroatoms. The van der Waals surface area contributed by atoms with Gasteiger partial charge in [0, 0.05) is 17.1 Å². The van der Waals surface area contributed by atoms with E-state index < -0.39 is 0 Å². The molecule has 0 radical (unpaired) electrons. The molecule has 0 aliphatic heterocycles. The highest BCUT2D eigenvalue weighted by atomic mass is 15.1. The number of rotatable bonds is 7. The summed E-state index contributed by atoms with van der Waals surface area (Å²) in [6, 6.07) is 62.9. The lowest BCUT2D eigenvalue weighted by atomic mass is 9.94. The van der Waals surface area contributed by atoms with Gasteiger partial charge in [-0.15, -0.1) is 0 Å². The molecule has 0 aromatic heterocycles. The van der Waals surface area contributed by atoms with E-state index in [9.17, 15) is 0 Å². The van der Waals surface area contributed by atoms with Crippen molar-refractivity contribution in [3.05, 3.63) is 198 Å². The van der Waals surface area contributed by atoms with E-state index in [4.69, 9.17) is 0 Å². The van der Waals surface area contributed by atoms with Crippen LogP contribution in [-0.4, -0.2) is 0 Å². The number of hydrogen-bond donors (Lipinski definition) is 0. The first-order valence-electron chi connectivity index (χ1n) is 16.1. The van der Waals surface area contributed by atoms with Gasteiger partial charge in [-0.2, -0.15) is 0 Å². The quantitative estimate of drug-likeness (QED) is 0.130. The van der Waals surface area contributed by atoms with Gasteiger partial charge < -0.3 is 4.90 Å². The maximum absolute atomic E-state index is 2.36. The van der Waals surface area contributed by atoms with E-state index in [0.29, 0.717) is 0 Å². The summed E-state index contributed by atoms with van der Waals surface area (Å²) >= 11 is 0. The summed E-state index contributed by atoms with van der Waals surface area (Å²) in [4.78, 5) is 2.36.